The lowest BCUT2D eigenvalue weighted by atomic mass is 10.1. The van der Waals surface area contributed by atoms with Gasteiger partial charge in [-0.15, -0.1) is 10.2 Å². The first-order chi connectivity index (χ1) is 11.6. The van der Waals surface area contributed by atoms with Gasteiger partial charge in [0, 0.05) is 6.92 Å². The lowest BCUT2D eigenvalue weighted by Crippen LogP contribution is -2.30. The average Bonchev–Trinajstić information content (AvgIpc) is 2.99. The fourth-order valence-corrected chi connectivity index (χ4v) is 2.53. The minimum atomic E-state index is -0.712. The Kier molecular flexibility index (Phi) is 4.57. The summed E-state index contributed by atoms with van der Waals surface area (Å²) in [7, 11) is 0. The van der Waals surface area contributed by atoms with E-state index in [2.05, 4.69) is 15.5 Å². The second kappa shape index (κ2) is 6.80. The van der Waals surface area contributed by atoms with Gasteiger partial charge in [0.1, 0.15) is 11.9 Å². The predicted molar refractivity (Wildman–Crippen MR) is 86.2 cm³/mol. The highest BCUT2D eigenvalue weighted by molar-refractivity contribution is 6.33. The normalized spacial score (nSPS) is 12.0. The zero-order chi connectivity index (χ0) is 17.1. The molecule has 0 bridgehead atoms. The van der Waals surface area contributed by atoms with Gasteiger partial charge in [0.15, 0.2) is 0 Å². The Morgan fingerprint density at radius 3 is 2.54 bits per heavy atom. The summed E-state index contributed by atoms with van der Waals surface area (Å²) in [6.07, 6.45) is 0. The van der Waals surface area contributed by atoms with E-state index in [4.69, 9.17) is 16.0 Å². The van der Waals surface area contributed by atoms with Crippen molar-refractivity contribution in [1.82, 2.24) is 15.5 Å². The number of rotatable bonds is 4. The second-order valence-electron chi connectivity index (χ2n) is 5.07. The fourth-order valence-electron chi connectivity index (χ4n) is 2.28. The minimum Gasteiger partial charge on any atom is -0.423 e. The molecular weight excluding hydrogens is 333 g/mol. The third-order valence-electron chi connectivity index (χ3n) is 3.39. The number of hydrogen-bond acceptors (Lipinski definition) is 4. The Bertz CT molecular complexity index is 847. The quantitative estimate of drug-likeness (QED) is 0.783. The molecule has 0 saturated heterocycles. The van der Waals surface area contributed by atoms with E-state index in [0.29, 0.717) is 5.89 Å². The van der Waals surface area contributed by atoms with Crippen LogP contribution in [0.3, 0.4) is 0 Å². The zero-order valence-corrected chi connectivity index (χ0v) is 13.4. The molecule has 3 rings (SSSR count). The van der Waals surface area contributed by atoms with Crippen LogP contribution in [0.2, 0.25) is 5.02 Å². The lowest BCUT2D eigenvalue weighted by molar-refractivity contribution is 0.0933. The van der Waals surface area contributed by atoms with Crippen LogP contribution < -0.4 is 5.32 Å². The molecule has 0 spiro atoms. The summed E-state index contributed by atoms with van der Waals surface area (Å²) in [5, 5.41) is 10.5. The smallest absolute Gasteiger partial charge is 0.256 e. The molecule has 0 radical (unpaired) electrons. The first kappa shape index (κ1) is 16.1. The monoisotopic (exact) mass is 345 g/mol. The van der Waals surface area contributed by atoms with E-state index in [1.54, 1.807) is 19.1 Å². The SMILES string of the molecule is Cc1nnc(C(NC(=O)c2c(F)cccc2Cl)c2ccccc2)o1. The van der Waals surface area contributed by atoms with Crippen LogP contribution in [0.15, 0.2) is 52.9 Å². The molecule has 1 atom stereocenters. The molecule has 0 aliphatic carbocycles. The molecule has 0 aliphatic heterocycles. The van der Waals surface area contributed by atoms with E-state index in [0.717, 1.165) is 5.56 Å². The van der Waals surface area contributed by atoms with E-state index in [1.165, 1.54) is 18.2 Å². The van der Waals surface area contributed by atoms with Gasteiger partial charge in [0.05, 0.1) is 10.6 Å². The van der Waals surface area contributed by atoms with Crippen molar-refractivity contribution in [3.8, 4) is 0 Å². The maximum Gasteiger partial charge on any atom is 0.256 e. The number of nitrogens with zero attached hydrogens (tertiary/aromatic N) is 2. The summed E-state index contributed by atoms with van der Waals surface area (Å²) in [6.45, 7) is 1.65. The highest BCUT2D eigenvalue weighted by Gasteiger charge is 2.25. The van der Waals surface area contributed by atoms with E-state index >= 15 is 0 Å². The number of halogens is 2. The first-order valence-corrected chi connectivity index (χ1v) is 7.54. The molecule has 7 heteroatoms. The summed E-state index contributed by atoms with van der Waals surface area (Å²) in [4.78, 5) is 12.5. The zero-order valence-electron chi connectivity index (χ0n) is 12.7. The molecular formula is C17H13ClFN3O2. The van der Waals surface area contributed by atoms with Gasteiger partial charge in [-0.2, -0.15) is 0 Å². The number of carbonyl (C=O) groups is 1. The van der Waals surface area contributed by atoms with Gasteiger partial charge < -0.3 is 9.73 Å². The van der Waals surface area contributed by atoms with Crippen LogP contribution in [0.1, 0.15) is 33.7 Å². The molecule has 1 heterocycles. The number of hydrogen-bond donors (Lipinski definition) is 1. The van der Waals surface area contributed by atoms with Gasteiger partial charge in [0.2, 0.25) is 11.8 Å². The summed E-state index contributed by atoms with van der Waals surface area (Å²) in [5.41, 5.74) is 0.498. The van der Waals surface area contributed by atoms with Crippen LogP contribution in [-0.4, -0.2) is 16.1 Å². The van der Waals surface area contributed by atoms with Crippen molar-refractivity contribution in [2.24, 2.45) is 0 Å². The highest BCUT2D eigenvalue weighted by atomic mass is 35.5. The molecule has 3 aromatic rings. The molecule has 0 aliphatic rings. The number of nitrogens with one attached hydrogen (secondary N) is 1. The Morgan fingerprint density at radius 1 is 1.17 bits per heavy atom. The van der Waals surface area contributed by atoms with Gasteiger partial charge >= 0.3 is 0 Å². The molecule has 1 N–H and O–H groups in total. The maximum atomic E-state index is 14.0. The Morgan fingerprint density at radius 2 is 1.92 bits per heavy atom. The first-order valence-electron chi connectivity index (χ1n) is 7.16. The second-order valence-corrected chi connectivity index (χ2v) is 5.48. The summed E-state index contributed by atoms with van der Waals surface area (Å²) >= 11 is 5.95. The van der Waals surface area contributed by atoms with Crippen LogP contribution in [0.5, 0.6) is 0 Å². The van der Waals surface area contributed by atoms with Crippen molar-refractivity contribution in [2.45, 2.75) is 13.0 Å². The fraction of sp³-hybridized carbons (Fsp3) is 0.118. The summed E-state index contributed by atoms with van der Waals surface area (Å²) in [5.74, 6) is -0.792. The van der Waals surface area contributed by atoms with Crippen molar-refractivity contribution < 1.29 is 13.6 Å². The van der Waals surface area contributed by atoms with Crippen LogP contribution >= 0.6 is 11.6 Å². The lowest BCUT2D eigenvalue weighted by Gasteiger charge is -2.16. The van der Waals surface area contributed by atoms with E-state index < -0.39 is 17.8 Å². The molecule has 122 valence electrons. The van der Waals surface area contributed by atoms with Crippen molar-refractivity contribution in [2.75, 3.05) is 0 Å². The van der Waals surface area contributed by atoms with E-state index in [-0.39, 0.29) is 16.5 Å². The maximum absolute atomic E-state index is 14.0. The number of carbonyl (C=O) groups excluding carboxylic acids is 1. The molecule has 0 saturated carbocycles. The van der Waals surface area contributed by atoms with Crippen LogP contribution in [0.4, 0.5) is 4.39 Å². The molecule has 1 aromatic heterocycles. The third-order valence-corrected chi connectivity index (χ3v) is 3.70. The molecule has 24 heavy (non-hydrogen) atoms. The number of benzene rings is 2. The minimum absolute atomic E-state index is 0.0287. The van der Waals surface area contributed by atoms with Gasteiger partial charge in [-0.1, -0.05) is 48.0 Å². The van der Waals surface area contributed by atoms with Crippen molar-refractivity contribution in [3.05, 3.63) is 82.3 Å². The largest absolute Gasteiger partial charge is 0.423 e. The summed E-state index contributed by atoms with van der Waals surface area (Å²) in [6, 6.07) is 12.4. The standard InChI is InChI=1S/C17H13ClFN3O2/c1-10-21-22-17(24-10)15(11-6-3-2-4-7-11)20-16(23)14-12(18)8-5-9-13(14)19/h2-9,15H,1H3,(H,20,23). The summed E-state index contributed by atoms with van der Waals surface area (Å²) < 4.78 is 19.4. The third kappa shape index (κ3) is 3.28. The highest BCUT2D eigenvalue weighted by Crippen LogP contribution is 2.24. The van der Waals surface area contributed by atoms with Crippen LogP contribution in [0, 0.1) is 12.7 Å². The molecule has 0 fully saturated rings. The Labute approximate surface area is 142 Å². The van der Waals surface area contributed by atoms with E-state index in [9.17, 15) is 9.18 Å². The topological polar surface area (TPSA) is 68.0 Å². The van der Waals surface area contributed by atoms with Crippen LogP contribution in [-0.2, 0) is 0 Å². The molecule has 2 aromatic carbocycles. The molecule has 1 unspecified atom stereocenters. The van der Waals surface area contributed by atoms with E-state index in [1.807, 2.05) is 18.2 Å². The van der Waals surface area contributed by atoms with Gasteiger partial charge in [-0.05, 0) is 17.7 Å². The van der Waals surface area contributed by atoms with Crippen molar-refractivity contribution in [3.63, 3.8) is 0 Å². The number of aromatic nitrogens is 2. The van der Waals surface area contributed by atoms with Gasteiger partial charge in [-0.3, -0.25) is 4.79 Å². The number of amides is 1. The van der Waals surface area contributed by atoms with Crippen LogP contribution in [0.25, 0.3) is 0 Å². The molecule has 1 amide bonds. The van der Waals surface area contributed by atoms with Crippen molar-refractivity contribution in [1.29, 1.82) is 0 Å². The predicted octanol–water partition coefficient (Wildman–Crippen LogP) is 3.69. The Balaban J connectivity index is 1.97. The van der Waals surface area contributed by atoms with Gasteiger partial charge in [-0.25, -0.2) is 4.39 Å². The molecule has 5 nitrogen and oxygen atoms in total. The Hall–Kier alpha value is -2.73. The average molecular weight is 346 g/mol. The van der Waals surface area contributed by atoms with Crippen molar-refractivity contribution >= 4 is 17.5 Å². The van der Waals surface area contributed by atoms with Gasteiger partial charge in [0.25, 0.3) is 5.91 Å². The number of aryl methyl sites for hydroxylation is 1.